The molecule has 0 aliphatic rings. The van der Waals surface area contributed by atoms with Crippen molar-refractivity contribution in [1.29, 1.82) is 0 Å². The molecule has 2 amide bonds. The van der Waals surface area contributed by atoms with E-state index in [1.807, 2.05) is 45.0 Å². The van der Waals surface area contributed by atoms with Crippen LogP contribution < -0.4 is 5.32 Å². The van der Waals surface area contributed by atoms with Crippen LogP contribution in [0.2, 0.25) is 0 Å². The van der Waals surface area contributed by atoms with Gasteiger partial charge in [-0.15, -0.1) is 11.3 Å². The van der Waals surface area contributed by atoms with E-state index < -0.39 is 0 Å². The van der Waals surface area contributed by atoms with Crippen LogP contribution in [-0.2, 0) is 9.59 Å². The standard InChI is InChI=1S/C16H21N3O2S2/c1-4-19(9-14(20)17-11(2)3)15(21)10-22-16-18-12-7-5-6-8-13(12)23-16/h5-8,11H,4,9-10H2,1-3H3,(H,17,20). The van der Waals surface area contributed by atoms with Gasteiger partial charge in [-0.2, -0.15) is 0 Å². The fourth-order valence-electron chi connectivity index (χ4n) is 2.04. The monoisotopic (exact) mass is 351 g/mol. The maximum atomic E-state index is 12.3. The Hall–Kier alpha value is -1.60. The first-order chi connectivity index (χ1) is 11.0. The van der Waals surface area contributed by atoms with Crippen LogP contribution in [0.5, 0.6) is 0 Å². The summed E-state index contributed by atoms with van der Waals surface area (Å²) in [6.07, 6.45) is 0. The first kappa shape index (κ1) is 17.7. The SMILES string of the molecule is CCN(CC(=O)NC(C)C)C(=O)CSc1nc2ccccc2s1. The lowest BCUT2D eigenvalue weighted by Crippen LogP contribution is -2.43. The highest BCUT2D eigenvalue weighted by molar-refractivity contribution is 8.01. The maximum absolute atomic E-state index is 12.3. The van der Waals surface area contributed by atoms with Gasteiger partial charge < -0.3 is 10.2 Å². The van der Waals surface area contributed by atoms with E-state index in [2.05, 4.69) is 10.3 Å². The van der Waals surface area contributed by atoms with Gasteiger partial charge in [0.25, 0.3) is 0 Å². The number of para-hydroxylation sites is 1. The quantitative estimate of drug-likeness (QED) is 0.779. The Morgan fingerprint density at radius 3 is 2.74 bits per heavy atom. The molecular weight excluding hydrogens is 330 g/mol. The Morgan fingerprint density at radius 2 is 2.09 bits per heavy atom. The van der Waals surface area contributed by atoms with Gasteiger partial charge >= 0.3 is 0 Å². The number of carbonyl (C=O) groups excluding carboxylic acids is 2. The second-order valence-electron chi connectivity index (χ2n) is 5.37. The number of thiazole rings is 1. The lowest BCUT2D eigenvalue weighted by molar-refractivity contribution is -0.134. The van der Waals surface area contributed by atoms with E-state index in [1.165, 1.54) is 11.8 Å². The molecule has 1 aromatic carbocycles. The number of hydrogen-bond donors (Lipinski definition) is 1. The number of nitrogens with one attached hydrogen (secondary N) is 1. The third-order valence-electron chi connectivity index (χ3n) is 3.11. The van der Waals surface area contributed by atoms with Crippen LogP contribution >= 0.6 is 23.1 Å². The Kier molecular flexibility index (Phi) is 6.41. The molecule has 0 saturated heterocycles. The number of thioether (sulfide) groups is 1. The van der Waals surface area contributed by atoms with Crippen molar-refractivity contribution >= 4 is 45.1 Å². The molecule has 0 saturated carbocycles. The summed E-state index contributed by atoms with van der Waals surface area (Å²) in [5, 5.41) is 2.80. The molecule has 23 heavy (non-hydrogen) atoms. The van der Waals surface area contributed by atoms with Gasteiger partial charge in [-0.3, -0.25) is 9.59 Å². The predicted octanol–water partition coefficient (Wildman–Crippen LogP) is 2.76. The van der Waals surface area contributed by atoms with Crippen LogP contribution in [0.1, 0.15) is 20.8 Å². The van der Waals surface area contributed by atoms with Crippen LogP contribution in [0.4, 0.5) is 0 Å². The number of fused-ring (bicyclic) bond motifs is 1. The van der Waals surface area contributed by atoms with Crippen LogP contribution in [0.3, 0.4) is 0 Å². The minimum atomic E-state index is -0.125. The molecule has 0 bridgehead atoms. The zero-order chi connectivity index (χ0) is 16.8. The zero-order valence-corrected chi connectivity index (χ0v) is 15.2. The highest BCUT2D eigenvalue weighted by Crippen LogP contribution is 2.29. The second-order valence-corrected chi connectivity index (χ2v) is 7.62. The first-order valence-corrected chi connectivity index (χ1v) is 9.35. The van der Waals surface area contributed by atoms with Gasteiger partial charge in [-0.25, -0.2) is 4.98 Å². The largest absolute Gasteiger partial charge is 0.352 e. The van der Waals surface area contributed by atoms with Crippen LogP contribution in [-0.4, -0.2) is 46.6 Å². The third kappa shape index (κ3) is 5.21. The van der Waals surface area contributed by atoms with E-state index in [0.717, 1.165) is 14.6 Å². The summed E-state index contributed by atoms with van der Waals surface area (Å²) in [7, 11) is 0. The van der Waals surface area contributed by atoms with Crippen LogP contribution in [0, 0.1) is 0 Å². The van der Waals surface area contributed by atoms with Gasteiger partial charge in [-0.05, 0) is 32.9 Å². The van der Waals surface area contributed by atoms with Crippen molar-refractivity contribution in [3.63, 3.8) is 0 Å². The molecule has 5 nitrogen and oxygen atoms in total. The Morgan fingerprint density at radius 1 is 1.35 bits per heavy atom. The molecule has 2 rings (SSSR count). The first-order valence-electron chi connectivity index (χ1n) is 7.55. The molecule has 0 spiro atoms. The topological polar surface area (TPSA) is 62.3 Å². The second kappa shape index (κ2) is 8.31. The van der Waals surface area contributed by atoms with Gasteiger partial charge in [0.15, 0.2) is 4.34 Å². The molecular formula is C16H21N3O2S2. The molecule has 0 fully saturated rings. The van der Waals surface area contributed by atoms with Gasteiger partial charge in [-0.1, -0.05) is 23.9 Å². The molecule has 1 N–H and O–H groups in total. The van der Waals surface area contributed by atoms with E-state index in [1.54, 1.807) is 16.2 Å². The van der Waals surface area contributed by atoms with E-state index in [9.17, 15) is 9.59 Å². The molecule has 2 aromatic rings. The van der Waals surface area contributed by atoms with E-state index in [4.69, 9.17) is 0 Å². The summed E-state index contributed by atoms with van der Waals surface area (Å²) in [5.41, 5.74) is 0.955. The van der Waals surface area contributed by atoms with Crippen molar-refractivity contribution in [1.82, 2.24) is 15.2 Å². The normalized spacial score (nSPS) is 11.0. The fraction of sp³-hybridized carbons (Fsp3) is 0.438. The Labute approximate surface area is 144 Å². The van der Waals surface area contributed by atoms with E-state index >= 15 is 0 Å². The molecule has 0 atom stereocenters. The lowest BCUT2D eigenvalue weighted by atomic mass is 10.3. The summed E-state index contributed by atoms with van der Waals surface area (Å²) in [5.74, 6) is 0.124. The minimum Gasteiger partial charge on any atom is -0.352 e. The average molecular weight is 351 g/mol. The van der Waals surface area contributed by atoms with Gasteiger partial charge in [0, 0.05) is 12.6 Å². The highest BCUT2D eigenvalue weighted by atomic mass is 32.2. The minimum absolute atomic E-state index is 0.0457. The third-order valence-corrected chi connectivity index (χ3v) is 5.28. The molecule has 0 radical (unpaired) electrons. The van der Waals surface area contributed by atoms with E-state index in [-0.39, 0.29) is 24.4 Å². The molecule has 0 unspecified atom stereocenters. The predicted molar refractivity (Wildman–Crippen MR) is 95.9 cm³/mol. The fourth-order valence-corrected chi connectivity index (χ4v) is 4.02. The highest BCUT2D eigenvalue weighted by Gasteiger charge is 2.17. The van der Waals surface area contributed by atoms with Crippen molar-refractivity contribution in [3.8, 4) is 0 Å². The van der Waals surface area contributed by atoms with Gasteiger partial charge in [0.2, 0.25) is 11.8 Å². The van der Waals surface area contributed by atoms with Crippen molar-refractivity contribution in [2.45, 2.75) is 31.2 Å². The van der Waals surface area contributed by atoms with Crippen LogP contribution in [0.15, 0.2) is 28.6 Å². The molecule has 124 valence electrons. The number of benzene rings is 1. The summed E-state index contributed by atoms with van der Waals surface area (Å²) >= 11 is 3.01. The zero-order valence-electron chi connectivity index (χ0n) is 13.5. The van der Waals surface area contributed by atoms with Crippen molar-refractivity contribution in [2.24, 2.45) is 0 Å². The number of aromatic nitrogens is 1. The summed E-state index contributed by atoms with van der Waals surface area (Å²) in [4.78, 5) is 30.2. The van der Waals surface area contributed by atoms with Crippen molar-refractivity contribution in [2.75, 3.05) is 18.8 Å². The van der Waals surface area contributed by atoms with Gasteiger partial charge in [0.05, 0.1) is 22.5 Å². The van der Waals surface area contributed by atoms with Crippen LogP contribution in [0.25, 0.3) is 10.2 Å². The number of amides is 2. The average Bonchev–Trinajstić information content (AvgIpc) is 2.92. The van der Waals surface area contributed by atoms with E-state index in [0.29, 0.717) is 12.3 Å². The smallest absolute Gasteiger partial charge is 0.239 e. The number of hydrogen-bond acceptors (Lipinski definition) is 5. The summed E-state index contributed by atoms with van der Waals surface area (Å²) in [6, 6.07) is 7.99. The molecule has 1 aromatic heterocycles. The number of nitrogens with zero attached hydrogens (tertiary/aromatic N) is 2. The molecule has 7 heteroatoms. The molecule has 0 aliphatic carbocycles. The molecule has 0 aliphatic heterocycles. The van der Waals surface area contributed by atoms with Gasteiger partial charge in [0.1, 0.15) is 0 Å². The lowest BCUT2D eigenvalue weighted by Gasteiger charge is -2.20. The van der Waals surface area contributed by atoms with Crippen molar-refractivity contribution < 1.29 is 9.59 Å². The van der Waals surface area contributed by atoms with Crippen molar-refractivity contribution in [3.05, 3.63) is 24.3 Å². The maximum Gasteiger partial charge on any atom is 0.239 e. The summed E-state index contributed by atoms with van der Waals surface area (Å²) < 4.78 is 1.99. The number of likely N-dealkylation sites (N-methyl/N-ethyl adjacent to an activating group) is 1. The number of carbonyl (C=O) groups is 2. The Balaban J connectivity index is 1.90. The molecule has 1 heterocycles. The number of rotatable bonds is 7. The summed E-state index contributed by atoms with van der Waals surface area (Å²) in [6.45, 7) is 6.31. The Bertz CT molecular complexity index is 652.